The summed E-state index contributed by atoms with van der Waals surface area (Å²) >= 11 is 0. The number of hydrogen-bond donors (Lipinski definition) is 0. The smallest absolute Gasteiger partial charge is 0.258 e. The van der Waals surface area contributed by atoms with Crippen LogP contribution in [0.3, 0.4) is 0 Å². The Morgan fingerprint density at radius 3 is 2.15 bits per heavy atom. The van der Waals surface area contributed by atoms with Crippen molar-refractivity contribution in [2.75, 3.05) is 52.4 Å². The third-order valence-corrected chi connectivity index (χ3v) is 5.95. The Labute approximate surface area is 202 Å². The standard InChI is InChI=1S/C28H34N2O4/c1-6-30(7-2)18-19-34-26-17-16-23(20-27(26)33-5)29(3)28(31)22-14-12-21(13-15-22)24-10-8-9-11-25(24)32-4/h8-17,20H,6-7,18-19H2,1-5H3. The van der Waals surface area contributed by atoms with E-state index in [4.69, 9.17) is 14.2 Å². The van der Waals surface area contributed by atoms with Crippen LogP contribution in [0.25, 0.3) is 11.1 Å². The van der Waals surface area contributed by atoms with Crippen LogP contribution in [-0.2, 0) is 0 Å². The van der Waals surface area contributed by atoms with Gasteiger partial charge in [-0.2, -0.15) is 0 Å². The fourth-order valence-corrected chi connectivity index (χ4v) is 3.80. The molecule has 1 amide bonds. The third-order valence-electron chi connectivity index (χ3n) is 5.95. The Hall–Kier alpha value is -3.51. The maximum Gasteiger partial charge on any atom is 0.258 e. The number of carbonyl (C=O) groups excluding carboxylic acids is 1. The zero-order chi connectivity index (χ0) is 24.5. The van der Waals surface area contributed by atoms with E-state index in [1.54, 1.807) is 26.2 Å². The lowest BCUT2D eigenvalue weighted by molar-refractivity contribution is 0.0993. The third kappa shape index (κ3) is 5.88. The van der Waals surface area contributed by atoms with Gasteiger partial charge in [0.15, 0.2) is 11.5 Å². The molecule has 0 bridgehead atoms. The summed E-state index contributed by atoms with van der Waals surface area (Å²) in [4.78, 5) is 17.0. The van der Waals surface area contributed by atoms with Crippen molar-refractivity contribution < 1.29 is 19.0 Å². The number of benzene rings is 3. The Balaban J connectivity index is 1.72. The molecular formula is C28H34N2O4. The summed E-state index contributed by atoms with van der Waals surface area (Å²) in [5.41, 5.74) is 3.30. The van der Waals surface area contributed by atoms with Crippen LogP contribution in [0.15, 0.2) is 66.7 Å². The van der Waals surface area contributed by atoms with Crippen LogP contribution in [0.5, 0.6) is 17.2 Å². The van der Waals surface area contributed by atoms with Crippen molar-refractivity contribution in [3.05, 3.63) is 72.3 Å². The van der Waals surface area contributed by atoms with E-state index < -0.39 is 0 Å². The van der Waals surface area contributed by atoms with Gasteiger partial charge in [0.25, 0.3) is 5.91 Å². The van der Waals surface area contributed by atoms with E-state index in [-0.39, 0.29) is 5.91 Å². The number of likely N-dealkylation sites (N-methyl/N-ethyl adjacent to an activating group) is 1. The van der Waals surface area contributed by atoms with Crippen molar-refractivity contribution in [3.8, 4) is 28.4 Å². The lowest BCUT2D eigenvalue weighted by Crippen LogP contribution is -2.28. The van der Waals surface area contributed by atoms with E-state index in [2.05, 4.69) is 18.7 Å². The van der Waals surface area contributed by atoms with Crippen molar-refractivity contribution in [2.45, 2.75) is 13.8 Å². The molecule has 0 aliphatic heterocycles. The number of carbonyl (C=O) groups is 1. The molecule has 0 heterocycles. The molecule has 0 N–H and O–H groups in total. The van der Waals surface area contributed by atoms with Gasteiger partial charge >= 0.3 is 0 Å². The molecule has 6 nitrogen and oxygen atoms in total. The van der Waals surface area contributed by atoms with Gasteiger partial charge in [-0.05, 0) is 49.0 Å². The monoisotopic (exact) mass is 462 g/mol. The molecular weight excluding hydrogens is 428 g/mol. The average Bonchev–Trinajstić information content (AvgIpc) is 2.90. The van der Waals surface area contributed by atoms with Gasteiger partial charge in [0, 0.05) is 36.5 Å². The van der Waals surface area contributed by atoms with E-state index in [0.717, 1.165) is 42.2 Å². The highest BCUT2D eigenvalue weighted by molar-refractivity contribution is 6.06. The lowest BCUT2D eigenvalue weighted by Gasteiger charge is -2.21. The first-order valence-electron chi connectivity index (χ1n) is 11.6. The second-order valence-electron chi connectivity index (χ2n) is 7.85. The molecule has 0 saturated heterocycles. The SMILES string of the molecule is CCN(CC)CCOc1ccc(N(C)C(=O)c2ccc(-c3ccccc3OC)cc2)cc1OC. The van der Waals surface area contributed by atoms with Crippen LogP contribution in [-0.4, -0.2) is 58.3 Å². The minimum absolute atomic E-state index is 0.108. The summed E-state index contributed by atoms with van der Waals surface area (Å²) in [7, 11) is 5.02. The molecule has 34 heavy (non-hydrogen) atoms. The van der Waals surface area contributed by atoms with Gasteiger partial charge in [-0.1, -0.05) is 44.2 Å². The van der Waals surface area contributed by atoms with Gasteiger partial charge in [0.1, 0.15) is 12.4 Å². The van der Waals surface area contributed by atoms with Crippen LogP contribution in [0.1, 0.15) is 24.2 Å². The maximum absolute atomic E-state index is 13.1. The Morgan fingerprint density at radius 1 is 0.824 bits per heavy atom. The number of rotatable bonds is 11. The number of methoxy groups -OCH3 is 2. The van der Waals surface area contributed by atoms with E-state index in [9.17, 15) is 4.79 Å². The van der Waals surface area contributed by atoms with Crippen LogP contribution in [0.2, 0.25) is 0 Å². The van der Waals surface area contributed by atoms with Crippen molar-refractivity contribution in [2.24, 2.45) is 0 Å². The fraction of sp³-hybridized carbons (Fsp3) is 0.321. The quantitative estimate of drug-likeness (QED) is 0.384. The van der Waals surface area contributed by atoms with Gasteiger partial charge in [-0.3, -0.25) is 4.79 Å². The highest BCUT2D eigenvalue weighted by Crippen LogP contribution is 2.33. The minimum atomic E-state index is -0.108. The zero-order valence-corrected chi connectivity index (χ0v) is 20.7. The Bertz CT molecular complexity index is 1080. The molecule has 0 spiro atoms. The van der Waals surface area contributed by atoms with Gasteiger partial charge in [-0.25, -0.2) is 0 Å². The molecule has 0 fully saturated rings. The molecule has 0 radical (unpaired) electrons. The predicted octanol–water partition coefficient (Wildman–Crippen LogP) is 5.37. The lowest BCUT2D eigenvalue weighted by atomic mass is 10.0. The van der Waals surface area contributed by atoms with Crippen molar-refractivity contribution in [3.63, 3.8) is 0 Å². The molecule has 180 valence electrons. The summed E-state index contributed by atoms with van der Waals surface area (Å²) in [5.74, 6) is 1.96. The maximum atomic E-state index is 13.1. The molecule has 6 heteroatoms. The summed E-state index contributed by atoms with van der Waals surface area (Å²) < 4.78 is 16.9. The van der Waals surface area contributed by atoms with E-state index in [1.165, 1.54) is 0 Å². The molecule has 0 unspecified atom stereocenters. The van der Waals surface area contributed by atoms with Crippen molar-refractivity contribution >= 4 is 11.6 Å². The molecule has 3 aromatic carbocycles. The normalized spacial score (nSPS) is 10.8. The Kier molecular flexibility index (Phi) is 8.93. The first kappa shape index (κ1) is 25.1. The average molecular weight is 463 g/mol. The largest absolute Gasteiger partial charge is 0.496 e. The number of anilines is 1. The Morgan fingerprint density at radius 2 is 1.50 bits per heavy atom. The topological polar surface area (TPSA) is 51.2 Å². The van der Waals surface area contributed by atoms with Crippen LogP contribution in [0.4, 0.5) is 5.69 Å². The molecule has 0 saturated carbocycles. The molecule has 0 aromatic heterocycles. The second kappa shape index (κ2) is 12.1. The summed E-state index contributed by atoms with van der Waals surface area (Å²) in [6, 6.07) is 20.9. The van der Waals surface area contributed by atoms with Crippen LogP contribution < -0.4 is 19.1 Å². The fourth-order valence-electron chi connectivity index (χ4n) is 3.80. The van der Waals surface area contributed by atoms with E-state index in [1.807, 2.05) is 66.7 Å². The van der Waals surface area contributed by atoms with Crippen LogP contribution >= 0.6 is 0 Å². The molecule has 3 aromatic rings. The highest BCUT2D eigenvalue weighted by atomic mass is 16.5. The predicted molar refractivity (Wildman–Crippen MR) is 137 cm³/mol. The molecule has 0 aliphatic carbocycles. The number of amides is 1. The summed E-state index contributed by atoms with van der Waals surface area (Å²) in [6.07, 6.45) is 0. The summed E-state index contributed by atoms with van der Waals surface area (Å²) in [6.45, 7) is 7.67. The first-order valence-corrected chi connectivity index (χ1v) is 11.6. The van der Waals surface area contributed by atoms with Gasteiger partial charge in [-0.15, -0.1) is 0 Å². The number of para-hydroxylation sites is 1. The van der Waals surface area contributed by atoms with Gasteiger partial charge < -0.3 is 24.0 Å². The molecule has 0 aliphatic rings. The van der Waals surface area contributed by atoms with E-state index in [0.29, 0.717) is 23.7 Å². The van der Waals surface area contributed by atoms with Gasteiger partial charge in [0.05, 0.1) is 14.2 Å². The number of ether oxygens (including phenoxy) is 3. The van der Waals surface area contributed by atoms with Crippen molar-refractivity contribution in [1.82, 2.24) is 4.90 Å². The van der Waals surface area contributed by atoms with Crippen molar-refractivity contribution in [1.29, 1.82) is 0 Å². The van der Waals surface area contributed by atoms with E-state index >= 15 is 0 Å². The number of hydrogen-bond acceptors (Lipinski definition) is 5. The second-order valence-corrected chi connectivity index (χ2v) is 7.85. The molecule has 0 atom stereocenters. The highest BCUT2D eigenvalue weighted by Gasteiger charge is 2.16. The summed E-state index contributed by atoms with van der Waals surface area (Å²) in [5, 5.41) is 0. The number of nitrogens with zero attached hydrogens (tertiary/aromatic N) is 2. The minimum Gasteiger partial charge on any atom is -0.496 e. The van der Waals surface area contributed by atoms with Crippen LogP contribution in [0, 0.1) is 0 Å². The molecule has 3 rings (SSSR count). The zero-order valence-electron chi connectivity index (χ0n) is 20.7. The first-order chi connectivity index (χ1) is 16.5. The van der Waals surface area contributed by atoms with Gasteiger partial charge in [0.2, 0.25) is 0 Å².